The Kier molecular flexibility index (Phi) is 7.91. The first-order chi connectivity index (χ1) is 19.5. The zero-order valence-electron chi connectivity index (χ0n) is 22.8. The van der Waals surface area contributed by atoms with Crippen LogP contribution in [0.1, 0.15) is 32.1 Å². The molecule has 0 aromatic heterocycles. The van der Waals surface area contributed by atoms with E-state index in [-0.39, 0.29) is 0 Å². The van der Waals surface area contributed by atoms with Crippen LogP contribution in [0.5, 0.6) is 5.75 Å². The molecule has 1 aromatic rings. The maximum Gasteiger partial charge on any atom is 0.282 e. The minimum Gasteiger partial charge on any atom is -0.494 e. The Morgan fingerprint density at radius 3 is 2.50 bits per heavy atom. The average molecular weight is 572 g/mol. The van der Waals surface area contributed by atoms with Crippen molar-refractivity contribution in [1.29, 1.82) is 0 Å². The Balaban J connectivity index is 1.15. The summed E-state index contributed by atoms with van der Waals surface area (Å²) >= 11 is 0. The third kappa shape index (κ3) is 5.66. The van der Waals surface area contributed by atoms with E-state index in [1.165, 1.54) is 23.6 Å². The zero-order valence-corrected chi connectivity index (χ0v) is 23.6. The van der Waals surface area contributed by atoms with Crippen LogP contribution < -0.4 is 20.3 Å². The van der Waals surface area contributed by atoms with E-state index in [1.54, 1.807) is 17.7 Å². The molecule has 1 saturated carbocycles. The van der Waals surface area contributed by atoms with Gasteiger partial charge in [-0.1, -0.05) is 19.3 Å². The molecule has 1 aliphatic carbocycles. The molecule has 2 saturated heterocycles. The molecule has 0 atom stereocenters. The van der Waals surface area contributed by atoms with Gasteiger partial charge in [0, 0.05) is 57.1 Å². The van der Waals surface area contributed by atoms with Gasteiger partial charge in [-0.25, -0.2) is 9.97 Å². The van der Waals surface area contributed by atoms with E-state index in [4.69, 9.17) is 14.5 Å². The maximum absolute atomic E-state index is 13.0. The third-order valence-corrected chi connectivity index (χ3v) is 9.93. The normalized spacial score (nSPS) is 20.1. The fraction of sp³-hybridized carbons (Fsp3) is 0.577. The highest BCUT2D eigenvalue weighted by atomic mass is 32.2. The van der Waals surface area contributed by atoms with Gasteiger partial charge in [-0.3, -0.25) is 0 Å². The van der Waals surface area contributed by atoms with E-state index in [0.717, 1.165) is 35.7 Å². The lowest BCUT2D eigenvalue weighted by molar-refractivity contribution is 0.0700. The number of methoxy groups -OCH3 is 1. The molecule has 4 heterocycles. The highest BCUT2D eigenvalue weighted by molar-refractivity contribution is 7.86. The summed E-state index contributed by atoms with van der Waals surface area (Å²) in [6.07, 6.45) is 7.52. The van der Waals surface area contributed by atoms with Gasteiger partial charge in [0.25, 0.3) is 10.2 Å². The van der Waals surface area contributed by atoms with Crippen LogP contribution in [0, 0.1) is 0 Å². The predicted octanol–water partition coefficient (Wildman–Crippen LogP) is 2.50. The number of fused-ring (bicyclic) bond motifs is 1. The minimum absolute atomic E-state index is 0.384. The van der Waals surface area contributed by atoms with Crippen LogP contribution in [0.4, 0.5) is 23.1 Å². The van der Waals surface area contributed by atoms with E-state index in [1.807, 2.05) is 18.2 Å². The summed E-state index contributed by atoms with van der Waals surface area (Å²) in [5.74, 6) is 2.59. The van der Waals surface area contributed by atoms with E-state index in [0.29, 0.717) is 76.0 Å². The lowest BCUT2D eigenvalue weighted by atomic mass is 9.95. The molecule has 14 heteroatoms. The van der Waals surface area contributed by atoms with Crippen molar-refractivity contribution in [3.05, 3.63) is 24.5 Å². The average Bonchev–Trinajstić information content (AvgIpc) is 3.48. The third-order valence-electron chi connectivity index (χ3n) is 7.89. The summed E-state index contributed by atoms with van der Waals surface area (Å²) < 4.78 is 40.2. The predicted molar refractivity (Wildman–Crippen MR) is 153 cm³/mol. The van der Waals surface area contributed by atoms with Gasteiger partial charge in [-0.2, -0.15) is 22.0 Å². The van der Waals surface area contributed by atoms with Gasteiger partial charge in [0.15, 0.2) is 11.6 Å². The number of nitrogens with zero attached hydrogens (tertiary/aromatic N) is 6. The topological polar surface area (TPSA) is 141 Å². The number of H-pyrrole nitrogens is 1. The molecule has 5 aliphatic rings. The monoisotopic (exact) mass is 571 g/mol. The summed E-state index contributed by atoms with van der Waals surface area (Å²) in [5.41, 5.74) is 2.46. The van der Waals surface area contributed by atoms with Crippen LogP contribution >= 0.6 is 0 Å². The number of nitrogens with one attached hydrogen (secondary N) is 3. The van der Waals surface area contributed by atoms with Crippen LogP contribution in [0.15, 0.2) is 24.5 Å². The lowest BCUT2D eigenvalue weighted by Gasteiger charge is -2.38. The molecule has 4 aliphatic heterocycles. The van der Waals surface area contributed by atoms with Gasteiger partial charge < -0.3 is 30.0 Å². The molecule has 40 heavy (non-hydrogen) atoms. The SMILES string of the molecule is COc1cc(N2CCN(S(=O)(=O)N3CCOCC3)CC2)ccc1Nc1nc(NC2CCCCC2)c2ncnc-2[nH]1. The Morgan fingerprint density at radius 2 is 1.75 bits per heavy atom. The van der Waals surface area contributed by atoms with E-state index in [2.05, 4.69) is 30.5 Å². The maximum atomic E-state index is 13.0. The molecule has 216 valence electrons. The van der Waals surface area contributed by atoms with Crippen LogP contribution in [0.2, 0.25) is 0 Å². The zero-order chi connectivity index (χ0) is 27.5. The molecular formula is C26H37N9O4S. The summed E-state index contributed by atoms with van der Waals surface area (Å²) in [6.45, 7) is 3.75. The van der Waals surface area contributed by atoms with Crippen molar-refractivity contribution < 1.29 is 17.9 Å². The van der Waals surface area contributed by atoms with Crippen LogP contribution in [-0.4, -0.2) is 103 Å². The van der Waals surface area contributed by atoms with E-state index >= 15 is 0 Å². The second-order valence-corrected chi connectivity index (χ2v) is 12.3. The van der Waals surface area contributed by atoms with Gasteiger partial charge in [-0.15, -0.1) is 0 Å². The fourth-order valence-electron chi connectivity index (χ4n) is 5.66. The Morgan fingerprint density at radius 1 is 1.00 bits per heavy atom. The van der Waals surface area contributed by atoms with Crippen molar-refractivity contribution in [2.45, 2.75) is 38.1 Å². The van der Waals surface area contributed by atoms with Crippen molar-refractivity contribution in [2.24, 2.45) is 0 Å². The molecule has 0 spiro atoms. The minimum atomic E-state index is -3.47. The molecule has 6 rings (SSSR count). The van der Waals surface area contributed by atoms with Crippen molar-refractivity contribution in [3.8, 4) is 17.3 Å². The fourth-order valence-corrected chi connectivity index (χ4v) is 7.22. The lowest BCUT2D eigenvalue weighted by Crippen LogP contribution is -2.55. The standard InChI is InChI=1S/C26H37N9O4S/c1-38-22-17-20(33-9-11-34(12-10-33)40(36,37)35-13-15-39-16-14-35)7-8-21(22)30-26-31-24-23(27-18-28-24)25(32-26)29-19-5-3-2-4-6-19/h7-8,17-19H,2-6,9-16H2,1H3,(H3,27,28,29,30,31,32). The van der Waals surface area contributed by atoms with E-state index in [9.17, 15) is 8.42 Å². The molecule has 0 bridgehead atoms. The van der Waals surface area contributed by atoms with E-state index < -0.39 is 10.2 Å². The molecule has 0 amide bonds. The first kappa shape index (κ1) is 27.0. The molecule has 3 N–H and O–H groups in total. The molecule has 3 fully saturated rings. The largest absolute Gasteiger partial charge is 0.494 e. The summed E-state index contributed by atoms with van der Waals surface area (Å²) in [5, 5.41) is 6.94. The number of aromatic amines is 1. The molecule has 0 unspecified atom stereocenters. The van der Waals surface area contributed by atoms with Gasteiger partial charge in [0.2, 0.25) is 5.95 Å². The second kappa shape index (κ2) is 11.7. The quantitative estimate of drug-likeness (QED) is 0.369. The number of ether oxygens (including phenoxy) is 2. The van der Waals surface area contributed by atoms with Gasteiger partial charge in [0.05, 0.1) is 26.0 Å². The second-order valence-electron chi connectivity index (χ2n) is 10.4. The Hall–Kier alpha value is -3.20. The number of imidazole rings is 1. The van der Waals surface area contributed by atoms with Crippen molar-refractivity contribution in [1.82, 2.24) is 28.5 Å². The van der Waals surface area contributed by atoms with Gasteiger partial charge in [0.1, 0.15) is 17.8 Å². The van der Waals surface area contributed by atoms with Gasteiger partial charge in [-0.05, 0) is 25.0 Å². The van der Waals surface area contributed by atoms with Crippen molar-refractivity contribution in [3.63, 3.8) is 0 Å². The number of hydrogen-bond acceptors (Lipinski definition) is 10. The molecule has 0 radical (unpaired) electrons. The highest BCUT2D eigenvalue weighted by Crippen LogP contribution is 2.34. The van der Waals surface area contributed by atoms with Crippen molar-refractivity contribution >= 4 is 33.4 Å². The van der Waals surface area contributed by atoms with Crippen molar-refractivity contribution in [2.75, 3.05) is 75.1 Å². The molecule has 1 aromatic carbocycles. The number of aromatic nitrogens is 4. The highest BCUT2D eigenvalue weighted by Gasteiger charge is 2.33. The summed E-state index contributed by atoms with van der Waals surface area (Å²) in [6, 6.07) is 6.32. The molecular weight excluding hydrogens is 534 g/mol. The smallest absolute Gasteiger partial charge is 0.282 e. The van der Waals surface area contributed by atoms with Crippen LogP contribution in [0.25, 0.3) is 11.5 Å². The molecule has 13 nitrogen and oxygen atoms in total. The Bertz CT molecular complexity index is 1360. The first-order valence-electron chi connectivity index (χ1n) is 14.0. The number of piperazine rings is 1. The van der Waals surface area contributed by atoms with Crippen LogP contribution in [0.3, 0.4) is 0 Å². The number of hydrogen-bond donors (Lipinski definition) is 3. The van der Waals surface area contributed by atoms with Crippen LogP contribution in [-0.2, 0) is 14.9 Å². The summed E-state index contributed by atoms with van der Waals surface area (Å²) in [4.78, 5) is 19.0. The summed E-state index contributed by atoms with van der Waals surface area (Å²) in [7, 11) is -1.83. The number of anilines is 4. The Labute approximate surface area is 234 Å². The first-order valence-corrected chi connectivity index (χ1v) is 15.4. The van der Waals surface area contributed by atoms with Gasteiger partial charge >= 0.3 is 0 Å². The number of rotatable bonds is 8. The number of benzene rings is 1. The number of morpholine rings is 1.